The molecule has 0 amide bonds. The summed E-state index contributed by atoms with van der Waals surface area (Å²) in [6.45, 7) is 0. The first-order valence-electron chi connectivity index (χ1n) is 5.10. The molecule has 1 aromatic heterocycles. The summed E-state index contributed by atoms with van der Waals surface area (Å²) >= 11 is 5.99. The minimum absolute atomic E-state index is 0.201. The standard InChI is InChI=1S/C12H8ClF2N/c13-8-5-10(6-1-2-6)16-11-4-7(14)3-9(15)12(8)11/h3-6H,1-2H2. The Kier molecular flexibility index (Phi) is 2.11. The van der Waals surface area contributed by atoms with Crippen molar-refractivity contribution in [2.75, 3.05) is 0 Å². The molecule has 0 atom stereocenters. The lowest BCUT2D eigenvalue weighted by molar-refractivity contribution is 0.591. The fourth-order valence-electron chi connectivity index (χ4n) is 1.85. The quantitative estimate of drug-likeness (QED) is 0.732. The van der Waals surface area contributed by atoms with Crippen molar-refractivity contribution in [3.8, 4) is 0 Å². The molecule has 16 heavy (non-hydrogen) atoms. The van der Waals surface area contributed by atoms with E-state index in [1.54, 1.807) is 6.07 Å². The molecule has 1 aromatic carbocycles. The highest BCUT2D eigenvalue weighted by molar-refractivity contribution is 6.35. The van der Waals surface area contributed by atoms with E-state index in [2.05, 4.69) is 4.98 Å². The Balaban J connectivity index is 2.32. The maximum Gasteiger partial charge on any atom is 0.137 e. The molecule has 0 aliphatic heterocycles. The first kappa shape index (κ1) is 9.97. The second-order valence-electron chi connectivity index (χ2n) is 4.08. The molecule has 0 radical (unpaired) electrons. The highest BCUT2D eigenvalue weighted by Crippen LogP contribution is 2.41. The number of hydrogen-bond acceptors (Lipinski definition) is 1. The zero-order valence-corrected chi connectivity index (χ0v) is 9.06. The highest BCUT2D eigenvalue weighted by Gasteiger charge is 2.26. The average molecular weight is 240 g/mol. The van der Waals surface area contributed by atoms with Crippen molar-refractivity contribution in [2.45, 2.75) is 18.8 Å². The van der Waals surface area contributed by atoms with Gasteiger partial charge in [0.1, 0.15) is 11.6 Å². The number of pyridine rings is 1. The normalized spacial score (nSPS) is 15.7. The van der Waals surface area contributed by atoms with Gasteiger partial charge in [-0.25, -0.2) is 8.78 Å². The summed E-state index contributed by atoms with van der Waals surface area (Å²) in [5.74, 6) is -0.871. The van der Waals surface area contributed by atoms with Crippen molar-refractivity contribution in [3.63, 3.8) is 0 Å². The van der Waals surface area contributed by atoms with Crippen LogP contribution in [-0.4, -0.2) is 4.98 Å². The molecule has 1 aliphatic rings. The predicted molar refractivity (Wildman–Crippen MR) is 58.6 cm³/mol. The van der Waals surface area contributed by atoms with Gasteiger partial charge in [-0.1, -0.05) is 11.6 Å². The van der Waals surface area contributed by atoms with Crippen LogP contribution in [0.2, 0.25) is 5.02 Å². The van der Waals surface area contributed by atoms with Crippen LogP contribution in [-0.2, 0) is 0 Å². The van der Waals surface area contributed by atoms with Gasteiger partial charge in [0, 0.05) is 23.7 Å². The molecule has 1 fully saturated rings. The second-order valence-corrected chi connectivity index (χ2v) is 4.49. The van der Waals surface area contributed by atoms with E-state index in [0.29, 0.717) is 16.5 Å². The first-order chi connectivity index (χ1) is 7.65. The summed E-state index contributed by atoms with van der Waals surface area (Å²) in [6, 6.07) is 3.73. The number of fused-ring (bicyclic) bond motifs is 1. The number of nitrogens with zero attached hydrogens (tertiary/aromatic N) is 1. The molecule has 0 spiro atoms. The Bertz CT molecular complexity index is 579. The fraction of sp³-hybridized carbons (Fsp3) is 0.250. The van der Waals surface area contributed by atoms with Crippen LogP contribution in [0.1, 0.15) is 24.5 Å². The third-order valence-corrected chi connectivity index (χ3v) is 3.09. The van der Waals surface area contributed by atoms with Crippen molar-refractivity contribution in [1.82, 2.24) is 4.98 Å². The average Bonchev–Trinajstić information content (AvgIpc) is 2.97. The molecule has 2 aromatic rings. The predicted octanol–water partition coefficient (Wildman–Crippen LogP) is 4.04. The number of aromatic nitrogens is 1. The molecule has 1 aliphatic carbocycles. The lowest BCUT2D eigenvalue weighted by atomic mass is 10.1. The van der Waals surface area contributed by atoms with Crippen LogP contribution >= 0.6 is 11.6 Å². The molecule has 1 saturated carbocycles. The Morgan fingerprint density at radius 2 is 1.94 bits per heavy atom. The smallest absolute Gasteiger partial charge is 0.137 e. The van der Waals surface area contributed by atoms with Gasteiger partial charge in [0.2, 0.25) is 0 Å². The van der Waals surface area contributed by atoms with Gasteiger partial charge in [0.05, 0.1) is 15.9 Å². The van der Waals surface area contributed by atoms with E-state index in [0.717, 1.165) is 24.6 Å². The molecular weight excluding hydrogens is 232 g/mol. The summed E-state index contributed by atoms with van der Waals surface area (Å²) < 4.78 is 26.5. The Morgan fingerprint density at radius 3 is 2.62 bits per heavy atom. The zero-order valence-electron chi connectivity index (χ0n) is 8.30. The minimum Gasteiger partial charge on any atom is -0.252 e. The molecule has 3 rings (SSSR count). The summed E-state index contributed by atoms with van der Waals surface area (Å²) in [4.78, 5) is 4.26. The van der Waals surface area contributed by atoms with Crippen molar-refractivity contribution < 1.29 is 8.78 Å². The van der Waals surface area contributed by atoms with Crippen molar-refractivity contribution in [1.29, 1.82) is 0 Å². The van der Waals surface area contributed by atoms with Gasteiger partial charge in [-0.15, -0.1) is 0 Å². The van der Waals surface area contributed by atoms with Crippen molar-refractivity contribution in [2.24, 2.45) is 0 Å². The van der Waals surface area contributed by atoms with Crippen LogP contribution in [0.3, 0.4) is 0 Å². The third kappa shape index (κ3) is 1.55. The van der Waals surface area contributed by atoms with E-state index in [1.165, 1.54) is 6.07 Å². The van der Waals surface area contributed by atoms with E-state index in [4.69, 9.17) is 11.6 Å². The van der Waals surface area contributed by atoms with E-state index in [1.807, 2.05) is 0 Å². The molecule has 1 nitrogen and oxygen atoms in total. The highest BCUT2D eigenvalue weighted by atomic mass is 35.5. The molecule has 1 heterocycles. The monoisotopic (exact) mass is 239 g/mol. The second kappa shape index (κ2) is 3.39. The molecule has 0 saturated heterocycles. The fourth-order valence-corrected chi connectivity index (χ4v) is 2.15. The Hall–Kier alpha value is -1.22. The summed E-state index contributed by atoms with van der Waals surface area (Å²) in [5, 5.41) is 0.511. The van der Waals surface area contributed by atoms with Gasteiger partial charge in [0.25, 0.3) is 0 Å². The van der Waals surface area contributed by atoms with Crippen LogP contribution in [0.15, 0.2) is 18.2 Å². The topological polar surface area (TPSA) is 12.9 Å². The number of halogens is 3. The van der Waals surface area contributed by atoms with Gasteiger partial charge in [-0.3, -0.25) is 4.98 Å². The third-order valence-electron chi connectivity index (χ3n) is 2.79. The van der Waals surface area contributed by atoms with Gasteiger partial charge in [-0.05, 0) is 18.9 Å². The first-order valence-corrected chi connectivity index (χ1v) is 5.48. The van der Waals surface area contributed by atoms with Crippen LogP contribution in [0.5, 0.6) is 0 Å². The van der Waals surface area contributed by atoms with E-state index >= 15 is 0 Å². The zero-order chi connectivity index (χ0) is 11.3. The molecule has 0 N–H and O–H groups in total. The molecule has 82 valence electrons. The maximum absolute atomic E-state index is 13.5. The molecule has 4 heteroatoms. The number of rotatable bonds is 1. The minimum atomic E-state index is -0.658. The summed E-state index contributed by atoms with van der Waals surface area (Å²) in [6.07, 6.45) is 2.15. The lowest BCUT2D eigenvalue weighted by Gasteiger charge is -2.05. The van der Waals surface area contributed by atoms with Crippen molar-refractivity contribution >= 4 is 22.5 Å². The number of benzene rings is 1. The van der Waals surface area contributed by atoms with Gasteiger partial charge in [-0.2, -0.15) is 0 Å². The van der Waals surface area contributed by atoms with E-state index in [-0.39, 0.29) is 5.39 Å². The van der Waals surface area contributed by atoms with Crippen molar-refractivity contribution in [3.05, 3.63) is 40.6 Å². The van der Waals surface area contributed by atoms with E-state index in [9.17, 15) is 8.78 Å². The molecule has 0 bridgehead atoms. The summed E-state index contributed by atoms with van der Waals surface area (Å²) in [7, 11) is 0. The van der Waals surface area contributed by atoms with Gasteiger partial charge in [0.15, 0.2) is 0 Å². The van der Waals surface area contributed by atoms with Gasteiger partial charge < -0.3 is 0 Å². The summed E-state index contributed by atoms with van der Waals surface area (Å²) in [5.41, 5.74) is 1.13. The Morgan fingerprint density at radius 1 is 1.19 bits per heavy atom. The molecule has 0 unspecified atom stereocenters. The van der Waals surface area contributed by atoms with Crippen LogP contribution in [0, 0.1) is 11.6 Å². The molecular formula is C12H8ClF2N. The van der Waals surface area contributed by atoms with E-state index < -0.39 is 11.6 Å². The number of hydrogen-bond donors (Lipinski definition) is 0. The van der Waals surface area contributed by atoms with Gasteiger partial charge >= 0.3 is 0 Å². The maximum atomic E-state index is 13.5. The largest absolute Gasteiger partial charge is 0.252 e. The lowest BCUT2D eigenvalue weighted by Crippen LogP contribution is -1.92. The Labute approximate surface area is 96.1 Å². The van der Waals surface area contributed by atoms with Crippen LogP contribution in [0.25, 0.3) is 10.9 Å². The van der Waals surface area contributed by atoms with Crippen LogP contribution in [0.4, 0.5) is 8.78 Å². The van der Waals surface area contributed by atoms with Crippen LogP contribution < -0.4 is 0 Å². The SMILES string of the molecule is Fc1cc(F)c2c(Cl)cc(C3CC3)nc2c1.